The first-order valence-electron chi connectivity index (χ1n) is 8.06. The fourth-order valence-electron chi connectivity index (χ4n) is 2.91. The first kappa shape index (κ1) is 17.6. The number of nitrogens with one attached hydrogen (secondary N) is 1. The van der Waals surface area contributed by atoms with E-state index >= 15 is 0 Å². The molecule has 0 fully saturated rings. The van der Waals surface area contributed by atoms with Gasteiger partial charge in [0.25, 0.3) is 0 Å². The minimum Gasteiger partial charge on any atom is -0.328 e. The summed E-state index contributed by atoms with van der Waals surface area (Å²) in [6, 6.07) is 11.5. The molecule has 1 aromatic heterocycles. The normalized spacial score (nSPS) is 12.0. The van der Waals surface area contributed by atoms with E-state index in [0.29, 0.717) is 25.1 Å². The topological polar surface area (TPSA) is 64.0 Å². The van der Waals surface area contributed by atoms with Crippen LogP contribution in [0, 0.1) is 19.7 Å². The van der Waals surface area contributed by atoms with E-state index in [2.05, 4.69) is 14.3 Å². The van der Waals surface area contributed by atoms with Crippen LogP contribution < -0.4 is 4.72 Å². The predicted octanol–water partition coefficient (Wildman–Crippen LogP) is 3.16. The van der Waals surface area contributed by atoms with Crippen LogP contribution in [0.5, 0.6) is 0 Å². The Hall–Kier alpha value is -2.25. The van der Waals surface area contributed by atoms with Crippen molar-refractivity contribution < 1.29 is 12.8 Å². The number of rotatable bonds is 6. The summed E-state index contributed by atoms with van der Waals surface area (Å²) in [6.07, 6.45) is 0.626. The van der Waals surface area contributed by atoms with Crippen LogP contribution in [0.4, 0.5) is 4.39 Å². The van der Waals surface area contributed by atoms with Gasteiger partial charge in [-0.3, -0.25) is 0 Å². The molecule has 0 saturated heterocycles. The average molecular weight is 361 g/mol. The molecule has 3 rings (SSSR count). The largest absolute Gasteiger partial charge is 0.328 e. The van der Waals surface area contributed by atoms with E-state index in [1.165, 1.54) is 12.1 Å². The van der Waals surface area contributed by atoms with Crippen LogP contribution in [0.2, 0.25) is 0 Å². The Morgan fingerprint density at radius 2 is 1.92 bits per heavy atom. The zero-order chi connectivity index (χ0) is 18.0. The Morgan fingerprint density at radius 1 is 1.16 bits per heavy atom. The van der Waals surface area contributed by atoms with Gasteiger partial charge in [-0.25, -0.2) is 22.5 Å². The molecule has 0 aliphatic rings. The van der Waals surface area contributed by atoms with E-state index in [0.717, 1.165) is 22.9 Å². The first-order valence-corrected chi connectivity index (χ1v) is 9.54. The maximum Gasteiger partial charge on any atom is 0.240 e. The van der Waals surface area contributed by atoms with Gasteiger partial charge in [-0.05, 0) is 56.2 Å². The van der Waals surface area contributed by atoms with Crippen LogP contribution in [-0.2, 0) is 16.6 Å². The van der Waals surface area contributed by atoms with Crippen LogP contribution >= 0.6 is 0 Å². The summed E-state index contributed by atoms with van der Waals surface area (Å²) in [5.74, 6) is 0.456. The van der Waals surface area contributed by atoms with Gasteiger partial charge in [-0.2, -0.15) is 0 Å². The molecule has 2 aromatic carbocycles. The van der Waals surface area contributed by atoms with Crippen molar-refractivity contribution in [2.24, 2.45) is 0 Å². The molecule has 0 radical (unpaired) electrons. The van der Waals surface area contributed by atoms with Gasteiger partial charge < -0.3 is 4.57 Å². The first-order chi connectivity index (χ1) is 11.9. The molecule has 7 heteroatoms. The molecular formula is C18H20FN3O2S. The van der Waals surface area contributed by atoms with Crippen LogP contribution in [0.15, 0.2) is 47.4 Å². The quantitative estimate of drug-likeness (QED) is 0.686. The SMILES string of the molecule is Cc1cc(F)ccc1S(=O)(=O)NCCCn1c(C)nc2ccccc21. The standard InChI is InChI=1S/C18H20FN3O2S/c1-13-12-15(19)8-9-18(13)25(23,24)20-10-5-11-22-14(2)21-16-6-3-4-7-17(16)22/h3-4,6-9,12,20H,5,10-11H2,1-2H3. The van der Waals surface area contributed by atoms with Gasteiger partial charge in [0.1, 0.15) is 11.6 Å². The van der Waals surface area contributed by atoms with Crippen LogP contribution in [0.1, 0.15) is 17.8 Å². The number of aromatic nitrogens is 2. The molecule has 0 atom stereocenters. The highest BCUT2D eigenvalue weighted by molar-refractivity contribution is 7.89. The van der Waals surface area contributed by atoms with Crippen molar-refractivity contribution in [3.8, 4) is 0 Å². The maximum absolute atomic E-state index is 13.1. The second-order valence-electron chi connectivity index (χ2n) is 5.96. The molecular weight excluding hydrogens is 341 g/mol. The van der Waals surface area contributed by atoms with Gasteiger partial charge in [0.05, 0.1) is 15.9 Å². The van der Waals surface area contributed by atoms with E-state index in [4.69, 9.17) is 0 Å². The molecule has 132 valence electrons. The van der Waals surface area contributed by atoms with Crippen LogP contribution in [0.3, 0.4) is 0 Å². The number of imidazole rings is 1. The van der Waals surface area contributed by atoms with Crippen molar-refractivity contribution in [2.45, 2.75) is 31.7 Å². The van der Waals surface area contributed by atoms with Gasteiger partial charge in [-0.1, -0.05) is 12.1 Å². The summed E-state index contributed by atoms with van der Waals surface area (Å²) >= 11 is 0. The third-order valence-corrected chi connectivity index (χ3v) is 5.74. The van der Waals surface area contributed by atoms with E-state index in [9.17, 15) is 12.8 Å². The van der Waals surface area contributed by atoms with Crippen LogP contribution in [0.25, 0.3) is 11.0 Å². The lowest BCUT2D eigenvalue weighted by molar-refractivity contribution is 0.568. The van der Waals surface area contributed by atoms with Gasteiger partial charge in [0.15, 0.2) is 0 Å². The fourth-order valence-corrected chi connectivity index (χ4v) is 4.21. The second-order valence-corrected chi connectivity index (χ2v) is 7.70. The molecule has 0 aliphatic heterocycles. The molecule has 0 aliphatic carbocycles. The summed E-state index contributed by atoms with van der Waals surface area (Å²) in [7, 11) is -3.64. The highest BCUT2D eigenvalue weighted by atomic mass is 32.2. The lowest BCUT2D eigenvalue weighted by atomic mass is 10.2. The number of para-hydroxylation sites is 2. The summed E-state index contributed by atoms with van der Waals surface area (Å²) in [6.45, 7) is 4.48. The molecule has 0 bridgehead atoms. The van der Waals surface area contributed by atoms with Gasteiger partial charge in [0, 0.05) is 13.1 Å². The minimum atomic E-state index is -3.64. The molecule has 25 heavy (non-hydrogen) atoms. The third-order valence-electron chi connectivity index (χ3n) is 4.12. The van der Waals surface area contributed by atoms with E-state index in [-0.39, 0.29) is 4.90 Å². The highest BCUT2D eigenvalue weighted by Crippen LogP contribution is 2.17. The Bertz CT molecular complexity index is 1010. The lowest BCUT2D eigenvalue weighted by Gasteiger charge is -2.10. The Labute approximate surface area is 146 Å². The molecule has 0 unspecified atom stereocenters. The number of sulfonamides is 1. The second kappa shape index (κ2) is 6.93. The van der Waals surface area contributed by atoms with E-state index in [1.807, 2.05) is 31.2 Å². The minimum absolute atomic E-state index is 0.109. The predicted molar refractivity (Wildman–Crippen MR) is 95.4 cm³/mol. The Balaban J connectivity index is 1.65. The molecule has 5 nitrogen and oxygen atoms in total. The summed E-state index contributed by atoms with van der Waals surface area (Å²) < 4.78 is 42.5. The maximum atomic E-state index is 13.1. The number of hydrogen-bond acceptors (Lipinski definition) is 3. The van der Waals surface area contributed by atoms with E-state index in [1.54, 1.807) is 6.92 Å². The van der Waals surface area contributed by atoms with E-state index < -0.39 is 15.8 Å². The number of aryl methyl sites for hydroxylation is 3. The number of halogens is 1. The van der Waals surface area contributed by atoms with Crippen molar-refractivity contribution in [3.05, 3.63) is 59.7 Å². The van der Waals surface area contributed by atoms with Crippen molar-refractivity contribution in [3.63, 3.8) is 0 Å². The van der Waals surface area contributed by atoms with Gasteiger partial charge in [0.2, 0.25) is 10.0 Å². The Morgan fingerprint density at radius 3 is 2.68 bits per heavy atom. The molecule has 0 saturated carbocycles. The molecule has 0 amide bonds. The zero-order valence-corrected chi connectivity index (χ0v) is 15.0. The van der Waals surface area contributed by atoms with Crippen molar-refractivity contribution in [2.75, 3.05) is 6.54 Å². The summed E-state index contributed by atoms with van der Waals surface area (Å²) in [5.41, 5.74) is 2.36. The van der Waals surface area contributed by atoms with Crippen LogP contribution in [-0.4, -0.2) is 24.5 Å². The van der Waals surface area contributed by atoms with Crippen molar-refractivity contribution >= 4 is 21.1 Å². The highest BCUT2D eigenvalue weighted by Gasteiger charge is 2.16. The summed E-state index contributed by atoms with van der Waals surface area (Å²) in [4.78, 5) is 4.61. The molecule has 1 heterocycles. The number of fused-ring (bicyclic) bond motifs is 1. The van der Waals surface area contributed by atoms with Crippen molar-refractivity contribution in [1.29, 1.82) is 0 Å². The number of benzene rings is 2. The zero-order valence-electron chi connectivity index (χ0n) is 14.2. The fraction of sp³-hybridized carbons (Fsp3) is 0.278. The lowest BCUT2D eigenvalue weighted by Crippen LogP contribution is -2.26. The third kappa shape index (κ3) is 3.72. The number of nitrogens with zero attached hydrogens (tertiary/aromatic N) is 2. The Kier molecular flexibility index (Phi) is 4.87. The monoisotopic (exact) mass is 361 g/mol. The summed E-state index contributed by atoms with van der Waals surface area (Å²) in [5, 5.41) is 0. The number of hydrogen-bond donors (Lipinski definition) is 1. The molecule has 3 aromatic rings. The van der Waals surface area contributed by atoms with Gasteiger partial charge in [-0.15, -0.1) is 0 Å². The average Bonchev–Trinajstić information content (AvgIpc) is 2.86. The van der Waals surface area contributed by atoms with Crippen molar-refractivity contribution in [1.82, 2.24) is 14.3 Å². The molecule has 0 spiro atoms. The molecule has 1 N–H and O–H groups in total. The smallest absolute Gasteiger partial charge is 0.240 e. The van der Waals surface area contributed by atoms with Gasteiger partial charge >= 0.3 is 0 Å².